The zero-order valence-corrected chi connectivity index (χ0v) is 18.9. The van der Waals surface area contributed by atoms with Crippen LogP contribution in [0.5, 0.6) is 0 Å². The molecular formula is C24H29N3O4S. The molecule has 0 unspecified atom stereocenters. The first-order chi connectivity index (χ1) is 15.4. The predicted octanol–water partition coefficient (Wildman–Crippen LogP) is 3.63. The number of anilines is 1. The van der Waals surface area contributed by atoms with E-state index in [0.29, 0.717) is 37.3 Å². The third-order valence-electron chi connectivity index (χ3n) is 6.03. The van der Waals surface area contributed by atoms with Gasteiger partial charge in [-0.25, -0.2) is 8.42 Å². The van der Waals surface area contributed by atoms with Crippen LogP contribution in [0.3, 0.4) is 0 Å². The molecule has 170 valence electrons. The highest BCUT2D eigenvalue weighted by molar-refractivity contribution is 7.89. The highest BCUT2D eigenvalue weighted by Crippen LogP contribution is 2.22. The van der Waals surface area contributed by atoms with Crippen LogP contribution in [-0.2, 0) is 21.4 Å². The molecule has 0 radical (unpaired) electrons. The zero-order valence-electron chi connectivity index (χ0n) is 18.1. The fraction of sp³-hybridized carbons (Fsp3) is 0.417. The maximum absolute atomic E-state index is 13.1. The molecule has 1 N–H and O–H groups in total. The highest BCUT2D eigenvalue weighted by Gasteiger charge is 2.26. The number of hydrogen-bond donors (Lipinski definition) is 1. The average Bonchev–Trinajstić information content (AvgIpc) is 3.02. The number of nitrogens with zero attached hydrogens (tertiary/aromatic N) is 2. The minimum atomic E-state index is -3.62. The Kier molecular flexibility index (Phi) is 6.91. The Morgan fingerprint density at radius 1 is 0.906 bits per heavy atom. The number of amides is 2. The second-order valence-electron chi connectivity index (χ2n) is 8.42. The highest BCUT2D eigenvalue weighted by atomic mass is 32.2. The number of nitrogens with one attached hydrogen (secondary N) is 1. The SMILES string of the molecule is O=C(Nc1cccc(CN2CCCC2=O)c1)c1cccc(S(=O)(=O)N2CCCCCC2)c1. The monoisotopic (exact) mass is 455 g/mol. The standard InChI is InChI=1S/C24H29N3O4S/c28-23-12-7-13-26(23)18-19-8-5-10-21(16-19)25-24(29)20-9-6-11-22(17-20)32(30,31)27-14-3-1-2-4-15-27/h5-6,8-11,16-17H,1-4,7,12-15,18H2,(H,25,29). The van der Waals surface area contributed by atoms with Crippen LogP contribution in [0.4, 0.5) is 5.69 Å². The Morgan fingerprint density at radius 3 is 2.38 bits per heavy atom. The molecule has 2 amide bonds. The van der Waals surface area contributed by atoms with Crippen LogP contribution >= 0.6 is 0 Å². The van der Waals surface area contributed by atoms with E-state index in [1.54, 1.807) is 24.3 Å². The second-order valence-corrected chi connectivity index (χ2v) is 10.4. The van der Waals surface area contributed by atoms with E-state index < -0.39 is 10.0 Å². The van der Waals surface area contributed by atoms with Crippen molar-refractivity contribution in [1.29, 1.82) is 0 Å². The van der Waals surface area contributed by atoms with Gasteiger partial charge in [0.05, 0.1) is 4.90 Å². The molecule has 8 heteroatoms. The molecule has 0 spiro atoms. The van der Waals surface area contributed by atoms with E-state index in [1.807, 2.05) is 23.1 Å². The van der Waals surface area contributed by atoms with Crippen molar-refractivity contribution in [3.05, 3.63) is 59.7 Å². The summed E-state index contributed by atoms with van der Waals surface area (Å²) in [6.45, 7) is 2.32. The number of sulfonamides is 1. The van der Waals surface area contributed by atoms with Crippen LogP contribution in [-0.4, -0.2) is 49.1 Å². The zero-order chi connectivity index (χ0) is 22.6. The molecule has 2 aromatic rings. The van der Waals surface area contributed by atoms with Gasteiger partial charge in [-0.2, -0.15) is 4.31 Å². The molecule has 4 rings (SSSR count). The topological polar surface area (TPSA) is 86.8 Å². The first kappa shape index (κ1) is 22.5. The van der Waals surface area contributed by atoms with E-state index in [9.17, 15) is 18.0 Å². The van der Waals surface area contributed by atoms with Crippen LogP contribution < -0.4 is 5.32 Å². The molecule has 2 fully saturated rings. The van der Waals surface area contributed by atoms with Gasteiger partial charge in [0.2, 0.25) is 15.9 Å². The summed E-state index contributed by atoms with van der Waals surface area (Å²) in [7, 11) is -3.62. The van der Waals surface area contributed by atoms with Gasteiger partial charge in [0, 0.05) is 43.9 Å². The first-order valence-electron chi connectivity index (χ1n) is 11.2. The van der Waals surface area contributed by atoms with Gasteiger partial charge in [-0.1, -0.05) is 31.0 Å². The van der Waals surface area contributed by atoms with Gasteiger partial charge in [-0.3, -0.25) is 9.59 Å². The normalized spacial score (nSPS) is 17.9. The van der Waals surface area contributed by atoms with Crippen molar-refractivity contribution in [2.24, 2.45) is 0 Å². The summed E-state index contributed by atoms with van der Waals surface area (Å²) in [6, 6.07) is 13.6. The number of carbonyl (C=O) groups excluding carboxylic acids is 2. The van der Waals surface area contributed by atoms with E-state index in [-0.39, 0.29) is 16.7 Å². The predicted molar refractivity (Wildman–Crippen MR) is 123 cm³/mol. The van der Waals surface area contributed by atoms with Crippen molar-refractivity contribution in [1.82, 2.24) is 9.21 Å². The van der Waals surface area contributed by atoms with Gasteiger partial charge in [0.25, 0.3) is 5.91 Å². The lowest BCUT2D eigenvalue weighted by molar-refractivity contribution is -0.128. The Bertz CT molecular complexity index is 1090. The van der Waals surface area contributed by atoms with Crippen molar-refractivity contribution in [3.8, 4) is 0 Å². The summed E-state index contributed by atoms with van der Waals surface area (Å²) >= 11 is 0. The molecule has 0 aliphatic carbocycles. The minimum Gasteiger partial charge on any atom is -0.338 e. The van der Waals surface area contributed by atoms with E-state index in [2.05, 4.69) is 5.32 Å². The number of hydrogen-bond acceptors (Lipinski definition) is 4. The fourth-order valence-electron chi connectivity index (χ4n) is 4.27. The van der Waals surface area contributed by atoms with Crippen LogP contribution in [0.2, 0.25) is 0 Å². The van der Waals surface area contributed by atoms with Crippen LogP contribution in [0.15, 0.2) is 53.4 Å². The summed E-state index contributed by atoms with van der Waals surface area (Å²) in [5.41, 5.74) is 1.84. The summed E-state index contributed by atoms with van der Waals surface area (Å²) in [4.78, 5) is 26.7. The maximum Gasteiger partial charge on any atom is 0.255 e. The lowest BCUT2D eigenvalue weighted by atomic mass is 10.1. The summed E-state index contributed by atoms with van der Waals surface area (Å²) < 4.78 is 27.7. The van der Waals surface area contributed by atoms with E-state index in [1.165, 1.54) is 10.4 Å². The molecule has 32 heavy (non-hydrogen) atoms. The molecule has 7 nitrogen and oxygen atoms in total. The quantitative estimate of drug-likeness (QED) is 0.721. The summed E-state index contributed by atoms with van der Waals surface area (Å²) in [5.74, 6) is -0.214. The van der Waals surface area contributed by atoms with Crippen molar-refractivity contribution in [3.63, 3.8) is 0 Å². The van der Waals surface area contributed by atoms with Gasteiger partial charge in [-0.05, 0) is 55.2 Å². The van der Waals surface area contributed by atoms with E-state index >= 15 is 0 Å². The minimum absolute atomic E-state index is 0.147. The molecule has 0 bridgehead atoms. The van der Waals surface area contributed by atoms with Crippen molar-refractivity contribution < 1.29 is 18.0 Å². The van der Waals surface area contributed by atoms with Gasteiger partial charge in [0.15, 0.2) is 0 Å². The third kappa shape index (κ3) is 5.19. The number of rotatable bonds is 6. The Labute approximate surface area is 189 Å². The van der Waals surface area contributed by atoms with Gasteiger partial charge < -0.3 is 10.2 Å². The number of carbonyl (C=O) groups is 2. The molecule has 0 aromatic heterocycles. The Hall–Kier alpha value is -2.71. The molecule has 0 saturated carbocycles. The molecule has 2 saturated heterocycles. The molecule has 2 aromatic carbocycles. The van der Waals surface area contributed by atoms with Gasteiger partial charge >= 0.3 is 0 Å². The first-order valence-corrected chi connectivity index (χ1v) is 12.7. The maximum atomic E-state index is 13.1. The molecule has 2 aliphatic rings. The van der Waals surface area contributed by atoms with Crippen molar-refractivity contribution >= 4 is 27.5 Å². The average molecular weight is 456 g/mol. The molecule has 2 heterocycles. The smallest absolute Gasteiger partial charge is 0.255 e. The van der Waals surface area contributed by atoms with E-state index in [4.69, 9.17) is 0 Å². The summed E-state index contributed by atoms with van der Waals surface area (Å²) in [5, 5.41) is 2.85. The van der Waals surface area contributed by atoms with Crippen molar-refractivity contribution in [2.45, 2.75) is 50.0 Å². The molecular weight excluding hydrogens is 426 g/mol. The fourth-order valence-corrected chi connectivity index (χ4v) is 5.83. The Balaban J connectivity index is 1.47. The van der Waals surface area contributed by atoms with Crippen LogP contribution in [0.25, 0.3) is 0 Å². The Morgan fingerprint density at radius 2 is 1.66 bits per heavy atom. The lowest BCUT2D eigenvalue weighted by Gasteiger charge is -2.20. The number of benzene rings is 2. The summed E-state index contributed by atoms with van der Waals surface area (Å²) in [6.07, 6.45) is 5.27. The number of likely N-dealkylation sites (tertiary alicyclic amines) is 1. The van der Waals surface area contributed by atoms with Gasteiger partial charge in [-0.15, -0.1) is 0 Å². The largest absolute Gasteiger partial charge is 0.338 e. The van der Waals surface area contributed by atoms with E-state index in [0.717, 1.165) is 44.2 Å². The van der Waals surface area contributed by atoms with Gasteiger partial charge in [0.1, 0.15) is 0 Å². The van der Waals surface area contributed by atoms with Crippen molar-refractivity contribution in [2.75, 3.05) is 25.0 Å². The molecule has 0 atom stereocenters. The second kappa shape index (κ2) is 9.83. The molecule has 2 aliphatic heterocycles. The third-order valence-corrected chi connectivity index (χ3v) is 7.92. The van der Waals surface area contributed by atoms with Crippen LogP contribution in [0.1, 0.15) is 54.4 Å². The lowest BCUT2D eigenvalue weighted by Crippen LogP contribution is -2.32. The van der Waals surface area contributed by atoms with Crippen LogP contribution in [0, 0.1) is 0 Å².